The molecule has 0 atom stereocenters. The second kappa shape index (κ2) is 8.24. The SMILES string of the molecule is O=C(OCCOc1ccc(I)cc1)c1ccc(S(=O)(=O)[O-])c2ccccc12. The molecule has 8 heteroatoms. The van der Waals surface area contributed by atoms with Gasteiger partial charge in [0, 0.05) is 8.96 Å². The zero-order chi connectivity index (χ0) is 19.4. The highest BCUT2D eigenvalue weighted by molar-refractivity contribution is 14.1. The molecule has 0 saturated carbocycles. The Morgan fingerprint density at radius 3 is 2.26 bits per heavy atom. The minimum atomic E-state index is -4.65. The first-order chi connectivity index (χ1) is 12.9. The largest absolute Gasteiger partial charge is 0.744 e. The summed E-state index contributed by atoms with van der Waals surface area (Å²) < 4.78 is 46.0. The van der Waals surface area contributed by atoms with Gasteiger partial charge in [-0.1, -0.05) is 24.3 Å². The summed E-state index contributed by atoms with van der Waals surface area (Å²) in [6, 6.07) is 16.2. The fourth-order valence-electron chi connectivity index (χ4n) is 2.57. The van der Waals surface area contributed by atoms with E-state index in [2.05, 4.69) is 22.6 Å². The van der Waals surface area contributed by atoms with Crippen molar-refractivity contribution in [3.05, 3.63) is 69.8 Å². The number of hydrogen-bond donors (Lipinski definition) is 0. The van der Waals surface area contributed by atoms with Gasteiger partial charge in [0.25, 0.3) is 0 Å². The molecule has 0 aliphatic carbocycles. The summed E-state index contributed by atoms with van der Waals surface area (Å²) in [5.74, 6) is 0.0502. The molecule has 0 bridgehead atoms. The third kappa shape index (κ3) is 4.76. The highest BCUT2D eigenvalue weighted by atomic mass is 127. The molecular formula is C19H14IO6S-. The third-order valence-electron chi connectivity index (χ3n) is 3.77. The Labute approximate surface area is 170 Å². The molecule has 27 heavy (non-hydrogen) atoms. The Kier molecular flexibility index (Phi) is 5.98. The molecule has 3 aromatic rings. The molecule has 0 aromatic heterocycles. The fourth-order valence-corrected chi connectivity index (χ4v) is 3.61. The lowest BCUT2D eigenvalue weighted by Crippen LogP contribution is -2.13. The number of carbonyl (C=O) groups excluding carboxylic acids is 1. The third-order valence-corrected chi connectivity index (χ3v) is 5.39. The van der Waals surface area contributed by atoms with Crippen LogP contribution in [0.4, 0.5) is 0 Å². The Bertz CT molecular complexity index is 1080. The van der Waals surface area contributed by atoms with Crippen molar-refractivity contribution in [3.63, 3.8) is 0 Å². The minimum absolute atomic E-state index is 0.0285. The van der Waals surface area contributed by atoms with Gasteiger partial charge in [0.15, 0.2) is 0 Å². The van der Waals surface area contributed by atoms with Crippen molar-refractivity contribution in [2.24, 2.45) is 0 Å². The van der Waals surface area contributed by atoms with Gasteiger partial charge in [0.05, 0.1) is 10.5 Å². The first-order valence-electron chi connectivity index (χ1n) is 7.89. The monoisotopic (exact) mass is 497 g/mol. The van der Waals surface area contributed by atoms with Crippen LogP contribution in [0, 0.1) is 3.57 Å². The van der Waals surface area contributed by atoms with E-state index in [9.17, 15) is 17.8 Å². The molecule has 0 spiro atoms. The van der Waals surface area contributed by atoms with Gasteiger partial charge in [0.1, 0.15) is 29.1 Å². The van der Waals surface area contributed by atoms with Gasteiger partial charge in [-0.2, -0.15) is 0 Å². The van der Waals surface area contributed by atoms with Crippen LogP contribution >= 0.6 is 22.6 Å². The van der Waals surface area contributed by atoms with Crippen LogP contribution in [0.5, 0.6) is 5.75 Å². The van der Waals surface area contributed by atoms with Crippen molar-refractivity contribution >= 4 is 49.5 Å². The van der Waals surface area contributed by atoms with Crippen LogP contribution < -0.4 is 4.74 Å². The van der Waals surface area contributed by atoms with Crippen molar-refractivity contribution in [2.45, 2.75) is 4.90 Å². The standard InChI is InChI=1S/C19H15IO6S/c20-13-5-7-14(8-6-13)25-11-12-26-19(21)17-9-10-18(27(22,23)24)16-4-2-1-3-15(16)17/h1-10H,11-12H2,(H,22,23,24)/p-1. The molecule has 6 nitrogen and oxygen atoms in total. The van der Waals surface area contributed by atoms with Crippen molar-refractivity contribution in [3.8, 4) is 5.75 Å². The minimum Gasteiger partial charge on any atom is -0.744 e. The summed E-state index contributed by atoms with van der Waals surface area (Å²) in [6.45, 7) is 0.206. The first kappa shape index (κ1) is 19.6. The number of fused-ring (bicyclic) bond motifs is 1. The molecule has 3 aromatic carbocycles. The Hall–Kier alpha value is -2.17. The first-order valence-corrected chi connectivity index (χ1v) is 10.4. The maximum atomic E-state index is 12.4. The molecule has 0 unspecified atom stereocenters. The molecule has 0 fully saturated rings. The molecule has 0 N–H and O–H groups in total. The number of benzene rings is 3. The summed E-state index contributed by atoms with van der Waals surface area (Å²) in [5.41, 5.74) is 0.187. The highest BCUT2D eigenvalue weighted by Crippen LogP contribution is 2.26. The lowest BCUT2D eigenvalue weighted by atomic mass is 10.0. The topological polar surface area (TPSA) is 92.7 Å². The quantitative estimate of drug-likeness (QED) is 0.224. The average Bonchev–Trinajstić information content (AvgIpc) is 2.64. The van der Waals surface area contributed by atoms with E-state index in [0.717, 1.165) is 9.64 Å². The van der Waals surface area contributed by atoms with Crippen molar-refractivity contribution in [2.75, 3.05) is 13.2 Å². The number of ether oxygens (including phenoxy) is 2. The smallest absolute Gasteiger partial charge is 0.338 e. The van der Waals surface area contributed by atoms with E-state index in [1.54, 1.807) is 18.2 Å². The van der Waals surface area contributed by atoms with Gasteiger partial charge in [0.2, 0.25) is 0 Å². The number of carbonyl (C=O) groups is 1. The molecule has 0 saturated heterocycles. The summed E-state index contributed by atoms with van der Waals surface area (Å²) in [5, 5.41) is 0.537. The van der Waals surface area contributed by atoms with Crippen molar-refractivity contribution < 1.29 is 27.2 Å². The molecular weight excluding hydrogens is 483 g/mol. The van der Waals surface area contributed by atoms with Crippen LogP contribution in [0.15, 0.2) is 65.6 Å². The summed E-state index contributed by atoms with van der Waals surface area (Å²) in [6.07, 6.45) is 0. The van der Waals surface area contributed by atoms with Gasteiger partial charge in [-0.15, -0.1) is 0 Å². The highest BCUT2D eigenvalue weighted by Gasteiger charge is 2.16. The van der Waals surface area contributed by atoms with E-state index in [4.69, 9.17) is 9.47 Å². The van der Waals surface area contributed by atoms with Crippen molar-refractivity contribution in [1.82, 2.24) is 0 Å². The van der Waals surface area contributed by atoms with E-state index in [1.165, 1.54) is 12.1 Å². The Morgan fingerprint density at radius 2 is 1.59 bits per heavy atom. The molecule has 3 rings (SSSR count). The number of rotatable bonds is 6. The van der Waals surface area contributed by atoms with Gasteiger partial charge in [-0.05, 0) is 64.4 Å². The second-order valence-corrected chi connectivity index (χ2v) is 8.14. The van der Waals surface area contributed by atoms with Crippen LogP contribution in [0.2, 0.25) is 0 Å². The normalized spacial score (nSPS) is 11.3. The predicted molar refractivity (Wildman–Crippen MR) is 107 cm³/mol. The van der Waals surface area contributed by atoms with E-state index in [-0.39, 0.29) is 29.1 Å². The summed E-state index contributed by atoms with van der Waals surface area (Å²) in [4.78, 5) is 12.0. The second-order valence-electron chi connectivity index (χ2n) is 5.55. The van der Waals surface area contributed by atoms with E-state index >= 15 is 0 Å². The fraction of sp³-hybridized carbons (Fsp3) is 0.105. The van der Waals surface area contributed by atoms with E-state index in [0.29, 0.717) is 11.1 Å². The van der Waals surface area contributed by atoms with Crippen LogP contribution in [0.1, 0.15) is 10.4 Å². The molecule has 0 aliphatic heterocycles. The Morgan fingerprint density at radius 1 is 0.926 bits per heavy atom. The zero-order valence-corrected chi connectivity index (χ0v) is 16.9. The van der Waals surface area contributed by atoms with Gasteiger partial charge >= 0.3 is 5.97 Å². The number of halogens is 1. The van der Waals surface area contributed by atoms with Gasteiger partial charge < -0.3 is 14.0 Å². The Balaban J connectivity index is 1.71. The maximum absolute atomic E-state index is 12.4. The number of esters is 1. The van der Waals surface area contributed by atoms with Crippen LogP contribution in [-0.4, -0.2) is 32.2 Å². The molecule has 0 heterocycles. The van der Waals surface area contributed by atoms with Crippen LogP contribution in [0.25, 0.3) is 10.8 Å². The lowest BCUT2D eigenvalue weighted by molar-refractivity contribution is 0.0452. The molecule has 0 radical (unpaired) electrons. The van der Waals surface area contributed by atoms with Gasteiger partial charge in [-0.3, -0.25) is 0 Å². The zero-order valence-electron chi connectivity index (χ0n) is 13.9. The summed E-state index contributed by atoms with van der Waals surface area (Å²) >= 11 is 2.19. The van der Waals surface area contributed by atoms with Crippen LogP contribution in [0.3, 0.4) is 0 Å². The maximum Gasteiger partial charge on any atom is 0.338 e. The molecule has 140 valence electrons. The average molecular weight is 497 g/mol. The molecule has 0 amide bonds. The summed E-state index contributed by atoms with van der Waals surface area (Å²) in [7, 11) is -4.65. The predicted octanol–water partition coefficient (Wildman–Crippen LogP) is 3.58. The number of hydrogen-bond acceptors (Lipinski definition) is 6. The van der Waals surface area contributed by atoms with E-state index in [1.807, 2.05) is 24.3 Å². The van der Waals surface area contributed by atoms with Gasteiger partial charge in [-0.25, -0.2) is 13.2 Å². The molecule has 0 aliphatic rings. The van der Waals surface area contributed by atoms with E-state index < -0.39 is 16.1 Å². The van der Waals surface area contributed by atoms with Crippen molar-refractivity contribution in [1.29, 1.82) is 0 Å². The van der Waals surface area contributed by atoms with Crippen LogP contribution in [-0.2, 0) is 14.9 Å². The lowest BCUT2D eigenvalue weighted by Gasteiger charge is -2.13.